The highest BCUT2D eigenvalue weighted by molar-refractivity contribution is 5.83. The summed E-state index contributed by atoms with van der Waals surface area (Å²) in [6, 6.07) is 0. The predicted molar refractivity (Wildman–Crippen MR) is 50.8 cm³/mol. The summed E-state index contributed by atoms with van der Waals surface area (Å²) in [7, 11) is 0. The third-order valence-electron chi connectivity index (χ3n) is 2.60. The minimum Gasteiger partial charge on any atom is -0.299 e. The third-order valence-corrected chi connectivity index (χ3v) is 2.60. The maximum atomic E-state index is 11.4. The number of allylic oxidation sites excluding steroid dienone is 2. The van der Waals surface area contributed by atoms with Crippen LogP contribution in [0.2, 0.25) is 0 Å². The Bertz CT molecular complexity index is 193. The molecule has 0 amide bonds. The zero-order valence-electron chi connectivity index (χ0n) is 7.46. The van der Waals surface area contributed by atoms with E-state index in [9.17, 15) is 4.79 Å². The Labute approximate surface area is 74.2 Å². The molecular formula is C11H16O. The largest absolute Gasteiger partial charge is 0.299 e. The van der Waals surface area contributed by atoms with Crippen molar-refractivity contribution in [3.05, 3.63) is 25.3 Å². The fraction of sp³-hybridized carbons (Fsp3) is 0.545. The van der Waals surface area contributed by atoms with Crippen LogP contribution in [0.3, 0.4) is 0 Å². The minimum absolute atomic E-state index is 0.0942. The van der Waals surface area contributed by atoms with Crippen LogP contribution >= 0.6 is 0 Å². The summed E-state index contributed by atoms with van der Waals surface area (Å²) in [6.07, 6.45) is 7.58. The number of Topliss-reactive ketones (excluding diaryl/α,β-unsaturated/α-hetero) is 1. The molecule has 12 heavy (non-hydrogen) atoms. The number of hydrogen-bond donors (Lipinski definition) is 0. The topological polar surface area (TPSA) is 17.1 Å². The molecule has 1 aliphatic rings. The lowest BCUT2D eigenvalue weighted by Crippen LogP contribution is -2.26. The highest BCUT2D eigenvalue weighted by Gasteiger charge is 2.27. The van der Waals surface area contributed by atoms with Crippen LogP contribution in [0.1, 0.15) is 25.7 Å². The normalized spacial score (nSPS) is 29.8. The van der Waals surface area contributed by atoms with Gasteiger partial charge in [0.1, 0.15) is 5.78 Å². The van der Waals surface area contributed by atoms with E-state index in [1.807, 2.05) is 6.08 Å². The van der Waals surface area contributed by atoms with Gasteiger partial charge in [0.25, 0.3) is 0 Å². The van der Waals surface area contributed by atoms with Crippen molar-refractivity contribution in [1.29, 1.82) is 0 Å². The van der Waals surface area contributed by atoms with Gasteiger partial charge in [-0.2, -0.15) is 0 Å². The van der Waals surface area contributed by atoms with E-state index in [4.69, 9.17) is 0 Å². The average Bonchev–Trinajstić information content (AvgIpc) is 2.05. The molecule has 0 heterocycles. The Morgan fingerprint density at radius 2 is 2.25 bits per heavy atom. The molecule has 0 saturated heterocycles. The Morgan fingerprint density at radius 3 is 2.83 bits per heavy atom. The average molecular weight is 164 g/mol. The predicted octanol–water partition coefficient (Wildman–Crippen LogP) is 2.73. The van der Waals surface area contributed by atoms with Gasteiger partial charge in [-0.3, -0.25) is 4.79 Å². The second kappa shape index (κ2) is 4.24. The summed E-state index contributed by atoms with van der Waals surface area (Å²) in [5.74, 6) is 0.932. The molecule has 1 nitrogen and oxygen atoms in total. The van der Waals surface area contributed by atoms with E-state index in [1.165, 1.54) is 0 Å². The Balaban J connectivity index is 2.63. The number of carbonyl (C=O) groups excluding carboxylic acids is 1. The van der Waals surface area contributed by atoms with Crippen LogP contribution in [0.4, 0.5) is 0 Å². The van der Waals surface area contributed by atoms with Crippen molar-refractivity contribution in [2.45, 2.75) is 25.7 Å². The first kappa shape index (κ1) is 9.24. The Kier molecular flexibility index (Phi) is 3.27. The first-order valence-electron chi connectivity index (χ1n) is 4.55. The highest BCUT2D eigenvalue weighted by Crippen LogP contribution is 2.30. The lowest BCUT2D eigenvalue weighted by molar-refractivity contribution is -0.124. The summed E-state index contributed by atoms with van der Waals surface area (Å²) in [4.78, 5) is 11.4. The van der Waals surface area contributed by atoms with Crippen LogP contribution in [-0.2, 0) is 4.79 Å². The van der Waals surface area contributed by atoms with E-state index < -0.39 is 0 Å². The van der Waals surface area contributed by atoms with Crippen LogP contribution in [0.5, 0.6) is 0 Å². The van der Waals surface area contributed by atoms with Crippen molar-refractivity contribution >= 4 is 5.78 Å². The van der Waals surface area contributed by atoms with Crippen LogP contribution in [0.25, 0.3) is 0 Å². The van der Waals surface area contributed by atoms with E-state index in [0.717, 1.165) is 25.7 Å². The summed E-state index contributed by atoms with van der Waals surface area (Å²) in [6.45, 7) is 7.42. The molecule has 66 valence electrons. The monoisotopic (exact) mass is 164 g/mol. The van der Waals surface area contributed by atoms with Crippen molar-refractivity contribution in [3.8, 4) is 0 Å². The lowest BCUT2D eigenvalue weighted by Gasteiger charge is -2.26. The number of ketones is 1. The molecule has 0 aromatic heterocycles. The highest BCUT2D eigenvalue weighted by atomic mass is 16.1. The summed E-state index contributed by atoms with van der Waals surface area (Å²) in [5, 5.41) is 0. The van der Waals surface area contributed by atoms with Gasteiger partial charge < -0.3 is 0 Å². The molecule has 1 fully saturated rings. The number of carbonyl (C=O) groups is 1. The standard InChI is InChI=1S/C11H16O/c1-3-6-9-7-5-8-11(12)10(9)4-2/h3-4,9-10H,1-2,5-8H2. The molecular weight excluding hydrogens is 148 g/mol. The van der Waals surface area contributed by atoms with Gasteiger partial charge in [0, 0.05) is 12.3 Å². The maximum Gasteiger partial charge on any atom is 0.139 e. The summed E-state index contributed by atoms with van der Waals surface area (Å²) >= 11 is 0. The zero-order valence-corrected chi connectivity index (χ0v) is 7.46. The molecule has 2 atom stereocenters. The third kappa shape index (κ3) is 1.84. The molecule has 2 unspecified atom stereocenters. The fourth-order valence-electron chi connectivity index (χ4n) is 1.95. The van der Waals surface area contributed by atoms with Crippen molar-refractivity contribution < 1.29 is 4.79 Å². The molecule has 0 spiro atoms. The molecule has 1 saturated carbocycles. The molecule has 0 radical (unpaired) electrons. The van der Waals surface area contributed by atoms with Gasteiger partial charge in [-0.15, -0.1) is 13.2 Å². The van der Waals surface area contributed by atoms with Crippen molar-refractivity contribution in [2.24, 2.45) is 11.8 Å². The molecule has 0 aliphatic heterocycles. The molecule has 1 heteroatoms. The first-order valence-corrected chi connectivity index (χ1v) is 4.55. The molecule has 1 aliphatic carbocycles. The summed E-state index contributed by atoms with van der Waals surface area (Å²) in [5.41, 5.74) is 0. The second-order valence-corrected chi connectivity index (χ2v) is 3.40. The fourth-order valence-corrected chi connectivity index (χ4v) is 1.95. The number of rotatable bonds is 3. The first-order chi connectivity index (χ1) is 5.79. The van der Waals surface area contributed by atoms with Crippen molar-refractivity contribution in [3.63, 3.8) is 0 Å². The smallest absolute Gasteiger partial charge is 0.139 e. The second-order valence-electron chi connectivity index (χ2n) is 3.40. The molecule has 1 rings (SSSR count). The van der Waals surface area contributed by atoms with E-state index in [0.29, 0.717) is 11.7 Å². The van der Waals surface area contributed by atoms with Crippen LogP contribution in [0.15, 0.2) is 25.3 Å². The van der Waals surface area contributed by atoms with E-state index >= 15 is 0 Å². The van der Waals surface area contributed by atoms with Crippen LogP contribution < -0.4 is 0 Å². The van der Waals surface area contributed by atoms with Gasteiger partial charge in [0.2, 0.25) is 0 Å². The van der Waals surface area contributed by atoms with Gasteiger partial charge in [-0.05, 0) is 25.2 Å². The van der Waals surface area contributed by atoms with E-state index in [1.54, 1.807) is 6.08 Å². The number of hydrogen-bond acceptors (Lipinski definition) is 1. The molecule has 0 N–H and O–H groups in total. The van der Waals surface area contributed by atoms with Gasteiger partial charge in [-0.25, -0.2) is 0 Å². The van der Waals surface area contributed by atoms with Gasteiger partial charge in [0.15, 0.2) is 0 Å². The zero-order chi connectivity index (χ0) is 8.97. The van der Waals surface area contributed by atoms with E-state index in [2.05, 4.69) is 13.2 Å². The lowest BCUT2D eigenvalue weighted by atomic mass is 9.77. The Morgan fingerprint density at radius 1 is 1.50 bits per heavy atom. The SMILES string of the molecule is C=CCC1CCCC(=O)C1C=C. The van der Waals surface area contributed by atoms with Crippen molar-refractivity contribution in [2.75, 3.05) is 0 Å². The van der Waals surface area contributed by atoms with Crippen LogP contribution in [0, 0.1) is 11.8 Å². The molecule has 0 aromatic carbocycles. The molecule has 0 bridgehead atoms. The minimum atomic E-state index is 0.0942. The van der Waals surface area contributed by atoms with Crippen molar-refractivity contribution in [1.82, 2.24) is 0 Å². The van der Waals surface area contributed by atoms with Gasteiger partial charge >= 0.3 is 0 Å². The quantitative estimate of drug-likeness (QED) is 0.586. The molecule has 0 aromatic rings. The maximum absolute atomic E-state index is 11.4. The van der Waals surface area contributed by atoms with Gasteiger partial charge in [0.05, 0.1) is 0 Å². The van der Waals surface area contributed by atoms with E-state index in [-0.39, 0.29) is 5.92 Å². The Hall–Kier alpha value is -0.850. The van der Waals surface area contributed by atoms with Gasteiger partial charge in [-0.1, -0.05) is 12.2 Å². The van der Waals surface area contributed by atoms with Crippen LogP contribution in [-0.4, -0.2) is 5.78 Å². The summed E-state index contributed by atoms with van der Waals surface area (Å²) < 4.78 is 0.